The average molecular weight is 709 g/mol. The zero-order valence-corrected chi connectivity index (χ0v) is 23.9. The molecule has 224 valence electrons. The van der Waals surface area contributed by atoms with Crippen molar-refractivity contribution in [3.05, 3.63) is 54.2 Å². The molecule has 0 aliphatic rings. The highest BCUT2D eigenvalue weighted by Crippen LogP contribution is 2.39. The highest BCUT2D eigenvalue weighted by atomic mass is 35.5. The number of pyridine rings is 2. The van der Waals surface area contributed by atoms with Gasteiger partial charge < -0.3 is 9.47 Å². The van der Waals surface area contributed by atoms with Crippen molar-refractivity contribution in [1.29, 1.82) is 0 Å². The van der Waals surface area contributed by atoms with Crippen molar-refractivity contribution < 1.29 is 35.8 Å². The van der Waals surface area contributed by atoms with E-state index in [1.807, 2.05) is 0 Å². The van der Waals surface area contributed by atoms with Crippen molar-refractivity contribution in [3.8, 4) is 34.5 Å². The van der Waals surface area contributed by atoms with Gasteiger partial charge in [0.15, 0.2) is 11.6 Å². The van der Waals surface area contributed by atoms with E-state index in [0.29, 0.717) is 0 Å². The molecule has 0 saturated carbocycles. The van der Waals surface area contributed by atoms with Crippen LogP contribution in [0.5, 0.6) is 11.8 Å². The SMILES string of the molecule is C.Cn1nc(-c2nc(Cl)c(Cl)cc2F)c(Cl)c1OC(F)F.Cn1nc(-c2ncc(Cl)c(Cl)c2F)c(Cl)c1OC(F)F. The molecular weight excluding hydrogens is 695 g/mol. The molecule has 0 amide bonds. The minimum absolute atomic E-state index is 0. The summed E-state index contributed by atoms with van der Waals surface area (Å²) >= 11 is 34.2. The molecule has 0 spiro atoms. The van der Waals surface area contributed by atoms with Crippen LogP contribution in [-0.2, 0) is 14.1 Å². The van der Waals surface area contributed by atoms with Crippen LogP contribution >= 0.6 is 69.6 Å². The number of rotatable bonds is 6. The Bertz CT molecular complexity index is 1500. The van der Waals surface area contributed by atoms with Gasteiger partial charge >= 0.3 is 13.2 Å². The number of aryl methyl sites for hydroxylation is 2. The third-order valence-corrected chi connectivity index (χ3v) is 6.64. The summed E-state index contributed by atoms with van der Waals surface area (Å²) in [5, 5.41) is 6.24. The molecule has 20 heteroatoms. The standard InChI is InChI=1S/2C10H5Cl3F3N3O.CH4/c1-19-9(20-10(15)16)5(13)7(18-19)8-6(14)4(12)3(11)2-17-8;1-19-9(20-10(15)16)5(12)7(18-19)6-4(14)2-3(11)8(13)17-6;/h2*2,10H,1H3;1H4. The van der Waals surface area contributed by atoms with E-state index in [9.17, 15) is 26.3 Å². The average Bonchev–Trinajstić information content (AvgIpc) is 3.29. The lowest BCUT2D eigenvalue weighted by Crippen LogP contribution is -2.06. The molecule has 0 unspecified atom stereocenters. The highest BCUT2D eigenvalue weighted by molar-refractivity contribution is 6.42. The Labute approximate surface area is 257 Å². The summed E-state index contributed by atoms with van der Waals surface area (Å²) in [5.74, 6) is -2.63. The summed E-state index contributed by atoms with van der Waals surface area (Å²) in [6.07, 6.45) is 1.10. The zero-order chi connectivity index (χ0) is 30.0. The van der Waals surface area contributed by atoms with E-state index in [-0.39, 0.29) is 60.5 Å². The molecule has 0 N–H and O–H groups in total. The molecular formula is C21H14Cl6F6N6O2. The molecule has 0 radical (unpaired) electrons. The van der Waals surface area contributed by atoms with E-state index < -0.39 is 36.6 Å². The maximum absolute atomic E-state index is 14.0. The minimum Gasteiger partial charge on any atom is -0.416 e. The van der Waals surface area contributed by atoms with E-state index in [0.717, 1.165) is 21.6 Å². The van der Waals surface area contributed by atoms with E-state index in [1.165, 1.54) is 14.1 Å². The van der Waals surface area contributed by atoms with Gasteiger partial charge in [0.1, 0.15) is 38.0 Å². The Balaban J connectivity index is 0.000000280. The number of alkyl halides is 4. The summed E-state index contributed by atoms with van der Waals surface area (Å²) in [6.45, 7) is -6.19. The van der Waals surface area contributed by atoms with Crippen LogP contribution in [0.4, 0.5) is 26.3 Å². The largest absolute Gasteiger partial charge is 0.416 e. The molecule has 4 heterocycles. The fourth-order valence-electron chi connectivity index (χ4n) is 2.91. The summed E-state index contributed by atoms with van der Waals surface area (Å²) in [4.78, 5) is 7.40. The second-order valence-corrected chi connectivity index (χ2v) is 9.42. The Morgan fingerprint density at radius 3 is 1.63 bits per heavy atom. The molecule has 4 aromatic heterocycles. The van der Waals surface area contributed by atoms with E-state index in [2.05, 4.69) is 29.6 Å². The quantitative estimate of drug-likeness (QED) is 0.147. The number of nitrogens with zero attached hydrogens (tertiary/aromatic N) is 6. The first-order valence-electron chi connectivity index (χ1n) is 10.00. The predicted molar refractivity (Wildman–Crippen MR) is 143 cm³/mol. The van der Waals surface area contributed by atoms with Crippen LogP contribution in [0, 0.1) is 11.6 Å². The van der Waals surface area contributed by atoms with Crippen LogP contribution in [0.15, 0.2) is 12.3 Å². The second-order valence-electron chi connectivity index (χ2n) is 7.11. The Hall–Kier alpha value is -2.36. The molecule has 0 atom stereocenters. The van der Waals surface area contributed by atoms with Gasteiger partial charge in [-0.3, -0.25) is 0 Å². The topological polar surface area (TPSA) is 79.9 Å². The normalized spacial score (nSPS) is 10.9. The summed E-state index contributed by atoms with van der Waals surface area (Å²) in [5.41, 5.74) is -0.991. The van der Waals surface area contributed by atoms with Crippen LogP contribution < -0.4 is 9.47 Å². The molecule has 41 heavy (non-hydrogen) atoms. The van der Waals surface area contributed by atoms with Crippen LogP contribution in [-0.4, -0.2) is 42.8 Å². The molecule has 0 aliphatic heterocycles. The molecule has 8 nitrogen and oxygen atoms in total. The lowest BCUT2D eigenvalue weighted by molar-refractivity contribution is -0.0558. The van der Waals surface area contributed by atoms with Crippen LogP contribution in [0.3, 0.4) is 0 Å². The van der Waals surface area contributed by atoms with Gasteiger partial charge in [-0.05, 0) is 6.07 Å². The number of hydrogen-bond acceptors (Lipinski definition) is 6. The third-order valence-electron chi connectivity index (χ3n) is 4.53. The van der Waals surface area contributed by atoms with Crippen LogP contribution in [0.1, 0.15) is 7.43 Å². The van der Waals surface area contributed by atoms with Gasteiger partial charge in [-0.15, -0.1) is 0 Å². The first kappa shape index (κ1) is 34.8. The maximum Gasteiger partial charge on any atom is 0.388 e. The predicted octanol–water partition coefficient (Wildman–Crippen LogP) is 9.00. The lowest BCUT2D eigenvalue weighted by atomic mass is 10.2. The second kappa shape index (κ2) is 14.2. The highest BCUT2D eigenvalue weighted by Gasteiger charge is 2.26. The monoisotopic (exact) mass is 706 g/mol. The van der Waals surface area contributed by atoms with Crippen molar-refractivity contribution in [2.24, 2.45) is 14.1 Å². The molecule has 0 saturated heterocycles. The van der Waals surface area contributed by atoms with Gasteiger partial charge in [0.2, 0.25) is 11.8 Å². The number of aromatic nitrogens is 6. The lowest BCUT2D eigenvalue weighted by Gasteiger charge is -2.04. The molecule has 4 aromatic rings. The Morgan fingerprint density at radius 1 is 0.707 bits per heavy atom. The van der Waals surface area contributed by atoms with Crippen LogP contribution in [0.2, 0.25) is 30.3 Å². The summed E-state index contributed by atoms with van der Waals surface area (Å²) < 4.78 is 87.0. The fraction of sp³-hybridized carbons (Fsp3) is 0.238. The van der Waals surface area contributed by atoms with Crippen molar-refractivity contribution in [1.82, 2.24) is 29.5 Å². The first-order valence-corrected chi connectivity index (χ1v) is 12.3. The Morgan fingerprint density at radius 2 is 1.17 bits per heavy atom. The van der Waals surface area contributed by atoms with Gasteiger partial charge in [0.05, 0.1) is 15.1 Å². The number of ether oxygens (including phenoxy) is 2. The van der Waals surface area contributed by atoms with E-state index >= 15 is 0 Å². The number of halogens is 12. The third kappa shape index (κ3) is 7.73. The smallest absolute Gasteiger partial charge is 0.388 e. The van der Waals surface area contributed by atoms with Crippen molar-refractivity contribution >= 4 is 69.6 Å². The summed E-state index contributed by atoms with van der Waals surface area (Å²) in [6, 6.07) is 0.922. The maximum atomic E-state index is 14.0. The van der Waals surface area contributed by atoms with Crippen molar-refractivity contribution in [3.63, 3.8) is 0 Å². The molecule has 0 aromatic carbocycles. The Kier molecular flexibility index (Phi) is 12.1. The van der Waals surface area contributed by atoms with Gasteiger partial charge in [-0.1, -0.05) is 77.0 Å². The first-order chi connectivity index (χ1) is 18.6. The van der Waals surface area contributed by atoms with Gasteiger partial charge in [0, 0.05) is 20.3 Å². The molecule has 0 aliphatic carbocycles. The van der Waals surface area contributed by atoms with Crippen LogP contribution in [0.25, 0.3) is 22.8 Å². The van der Waals surface area contributed by atoms with Crippen molar-refractivity contribution in [2.75, 3.05) is 0 Å². The number of hydrogen-bond donors (Lipinski definition) is 0. The minimum atomic E-state index is -3.10. The molecule has 0 fully saturated rings. The van der Waals surface area contributed by atoms with Gasteiger partial charge in [-0.25, -0.2) is 28.1 Å². The van der Waals surface area contributed by atoms with Gasteiger partial charge in [-0.2, -0.15) is 27.8 Å². The summed E-state index contributed by atoms with van der Waals surface area (Å²) in [7, 11) is 2.62. The molecule has 0 bridgehead atoms. The van der Waals surface area contributed by atoms with Crippen molar-refractivity contribution in [2.45, 2.75) is 20.6 Å². The van der Waals surface area contributed by atoms with E-state index in [4.69, 9.17) is 69.6 Å². The zero-order valence-electron chi connectivity index (χ0n) is 19.3. The van der Waals surface area contributed by atoms with Gasteiger partial charge in [0.25, 0.3) is 0 Å². The molecule has 4 rings (SSSR count). The van der Waals surface area contributed by atoms with E-state index in [1.54, 1.807) is 0 Å². The fourth-order valence-corrected chi connectivity index (χ4v) is 4.05.